The summed E-state index contributed by atoms with van der Waals surface area (Å²) in [5.74, 6) is 0.779. The molecule has 1 amide bonds. The molecule has 0 spiro atoms. The van der Waals surface area contributed by atoms with Gasteiger partial charge in [-0.05, 0) is 35.4 Å². The number of aliphatic hydroxyl groups excluding tert-OH is 1. The number of amides is 1. The molecule has 2 aromatic rings. The first-order chi connectivity index (χ1) is 9.70. The third-order valence-electron chi connectivity index (χ3n) is 3.32. The van der Waals surface area contributed by atoms with Crippen LogP contribution in [0.3, 0.4) is 0 Å². The van der Waals surface area contributed by atoms with Crippen molar-refractivity contribution in [2.75, 3.05) is 6.54 Å². The molecule has 1 aliphatic carbocycles. The minimum absolute atomic E-state index is 0.0619. The van der Waals surface area contributed by atoms with Crippen LogP contribution >= 0.6 is 11.3 Å². The molecule has 106 valence electrons. The van der Waals surface area contributed by atoms with E-state index in [1.54, 1.807) is 11.3 Å². The summed E-state index contributed by atoms with van der Waals surface area (Å²) in [7, 11) is 0. The van der Waals surface area contributed by atoms with E-state index < -0.39 is 0 Å². The van der Waals surface area contributed by atoms with Gasteiger partial charge < -0.3 is 10.4 Å². The highest BCUT2D eigenvalue weighted by molar-refractivity contribution is 7.08. The Morgan fingerprint density at radius 2 is 2.40 bits per heavy atom. The van der Waals surface area contributed by atoms with Gasteiger partial charge in [-0.3, -0.25) is 4.79 Å². The molecule has 20 heavy (non-hydrogen) atoms. The molecular formula is C12H15N5O2S. The summed E-state index contributed by atoms with van der Waals surface area (Å²) in [6.45, 7) is 0.661. The zero-order valence-corrected chi connectivity index (χ0v) is 11.6. The fraction of sp³-hybridized carbons (Fsp3) is 0.500. The fourth-order valence-electron chi connectivity index (χ4n) is 2.13. The first-order valence-electron chi connectivity index (χ1n) is 6.46. The van der Waals surface area contributed by atoms with E-state index in [1.165, 1.54) is 4.80 Å². The summed E-state index contributed by atoms with van der Waals surface area (Å²) < 4.78 is 0. The molecule has 8 heteroatoms. The quantitative estimate of drug-likeness (QED) is 0.826. The van der Waals surface area contributed by atoms with Crippen molar-refractivity contribution in [3.8, 4) is 11.4 Å². The van der Waals surface area contributed by atoms with Gasteiger partial charge in [0.15, 0.2) is 0 Å². The van der Waals surface area contributed by atoms with Gasteiger partial charge >= 0.3 is 0 Å². The van der Waals surface area contributed by atoms with Crippen molar-refractivity contribution in [2.45, 2.75) is 25.5 Å². The minimum Gasteiger partial charge on any atom is -0.393 e. The standard InChI is InChI=1S/C12H15N5O2S/c18-10-3-8(4-10)5-13-11(19)6-17-15-12(14-16-17)9-1-2-20-7-9/h1-2,7-8,10,18H,3-6H2,(H,13,19). The van der Waals surface area contributed by atoms with Gasteiger partial charge in [-0.15, -0.1) is 10.2 Å². The van der Waals surface area contributed by atoms with E-state index in [0.29, 0.717) is 18.3 Å². The average Bonchev–Trinajstić information content (AvgIpc) is 3.03. The molecule has 2 aromatic heterocycles. The van der Waals surface area contributed by atoms with Crippen LogP contribution in [-0.4, -0.2) is 43.9 Å². The third kappa shape index (κ3) is 3.02. The van der Waals surface area contributed by atoms with Gasteiger partial charge in [0.1, 0.15) is 6.54 Å². The summed E-state index contributed by atoms with van der Waals surface area (Å²) in [4.78, 5) is 13.0. The maximum Gasteiger partial charge on any atom is 0.243 e. The van der Waals surface area contributed by atoms with Crippen LogP contribution in [0, 0.1) is 5.92 Å². The van der Waals surface area contributed by atoms with Crippen LogP contribution < -0.4 is 5.32 Å². The molecule has 0 unspecified atom stereocenters. The van der Waals surface area contributed by atoms with Crippen LogP contribution in [0.5, 0.6) is 0 Å². The van der Waals surface area contributed by atoms with Crippen molar-refractivity contribution in [3.05, 3.63) is 16.8 Å². The largest absolute Gasteiger partial charge is 0.393 e. The predicted octanol–water partition coefficient (Wildman–Crippen LogP) is 0.289. The van der Waals surface area contributed by atoms with E-state index in [9.17, 15) is 4.79 Å². The second-order valence-electron chi connectivity index (χ2n) is 4.95. The van der Waals surface area contributed by atoms with Gasteiger partial charge in [-0.2, -0.15) is 16.1 Å². The van der Waals surface area contributed by atoms with Gasteiger partial charge in [0, 0.05) is 17.5 Å². The maximum atomic E-state index is 11.7. The summed E-state index contributed by atoms with van der Waals surface area (Å²) in [6, 6.07) is 1.91. The number of carbonyl (C=O) groups is 1. The smallest absolute Gasteiger partial charge is 0.243 e. The van der Waals surface area contributed by atoms with E-state index in [4.69, 9.17) is 5.11 Å². The van der Waals surface area contributed by atoms with E-state index in [2.05, 4.69) is 20.7 Å². The number of thiophene rings is 1. The number of hydrogen-bond acceptors (Lipinski definition) is 6. The van der Waals surface area contributed by atoms with Gasteiger partial charge in [0.05, 0.1) is 6.10 Å². The minimum atomic E-state index is -0.193. The Hall–Kier alpha value is -1.80. The number of nitrogens with zero attached hydrogens (tertiary/aromatic N) is 4. The number of rotatable bonds is 5. The number of carbonyl (C=O) groups excluding carboxylic acids is 1. The molecule has 3 rings (SSSR count). The van der Waals surface area contributed by atoms with Crippen LogP contribution in [-0.2, 0) is 11.3 Å². The molecule has 0 atom stereocenters. The molecule has 0 radical (unpaired) electrons. The normalized spacial score (nSPS) is 21.4. The molecule has 0 bridgehead atoms. The third-order valence-corrected chi connectivity index (χ3v) is 4.00. The van der Waals surface area contributed by atoms with Crippen molar-refractivity contribution >= 4 is 17.2 Å². The van der Waals surface area contributed by atoms with Crippen LogP contribution in [0.4, 0.5) is 0 Å². The molecule has 7 nitrogen and oxygen atoms in total. The van der Waals surface area contributed by atoms with Gasteiger partial charge in [0.25, 0.3) is 0 Å². The van der Waals surface area contributed by atoms with E-state index in [1.807, 2.05) is 16.8 Å². The highest BCUT2D eigenvalue weighted by Crippen LogP contribution is 2.26. The van der Waals surface area contributed by atoms with Crippen LogP contribution in [0.15, 0.2) is 16.8 Å². The molecule has 0 aliphatic heterocycles. The van der Waals surface area contributed by atoms with E-state index in [-0.39, 0.29) is 18.6 Å². The van der Waals surface area contributed by atoms with Crippen molar-refractivity contribution in [3.63, 3.8) is 0 Å². The van der Waals surface area contributed by atoms with Gasteiger partial charge in [-0.25, -0.2) is 0 Å². The lowest BCUT2D eigenvalue weighted by atomic mass is 9.82. The summed E-state index contributed by atoms with van der Waals surface area (Å²) >= 11 is 1.56. The Bertz CT molecular complexity index is 576. The average molecular weight is 293 g/mol. The van der Waals surface area contributed by atoms with Crippen molar-refractivity contribution in [1.29, 1.82) is 0 Å². The second-order valence-corrected chi connectivity index (χ2v) is 5.73. The zero-order valence-electron chi connectivity index (χ0n) is 10.8. The van der Waals surface area contributed by atoms with Gasteiger partial charge in [0.2, 0.25) is 11.7 Å². The van der Waals surface area contributed by atoms with E-state index >= 15 is 0 Å². The summed E-state index contributed by atoms with van der Waals surface area (Å²) in [6.07, 6.45) is 1.34. The lowest BCUT2D eigenvalue weighted by molar-refractivity contribution is -0.122. The zero-order chi connectivity index (χ0) is 13.9. The summed E-state index contributed by atoms with van der Waals surface area (Å²) in [5.41, 5.74) is 0.908. The molecular weight excluding hydrogens is 278 g/mol. The fourth-order valence-corrected chi connectivity index (χ4v) is 2.76. The highest BCUT2D eigenvalue weighted by atomic mass is 32.1. The Morgan fingerprint density at radius 1 is 1.55 bits per heavy atom. The predicted molar refractivity (Wildman–Crippen MR) is 72.9 cm³/mol. The Kier molecular flexibility index (Phi) is 3.75. The number of nitrogens with one attached hydrogen (secondary N) is 1. The summed E-state index contributed by atoms with van der Waals surface area (Å²) in [5, 5.41) is 27.8. The Labute approximate surface area is 119 Å². The topological polar surface area (TPSA) is 92.9 Å². The number of tetrazole rings is 1. The van der Waals surface area contributed by atoms with Crippen LogP contribution in [0.2, 0.25) is 0 Å². The maximum absolute atomic E-state index is 11.7. The van der Waals surface area contributed by atoms with Crippen molar-refractivity contribution < 1.29 is 9.90 Å². The lowest BCUT2D eigenvalue weighted by Crippen LogP contribution is -2.39. The molecule has 2 heterocycles. The highest BCUT2D eigenvalue weighted by Gasteiger charge is 2.27. The number of aliphatic hydroxyl groups is 1. The SMILES string of the molecule is O=C(Cn1nnc(-c2ccsc2)n1)NCC1CC(O)C1. The first kappa shape index (κ1) is 13.2. The van der Waals surface area contributed by atoms with Crippen LogP contribution in [0.25, 0.3) is 11.4 Å². The van der Waals surface area contributed by atoms with Crippen LogP contribution in [0.1, 0.15) is 12.8 Å². The van der Waals surface area contributed by atoms with E-state index in [0.717, 1.165) is 18.4 Å². The monoisotopic (exact) mass is 293 g/mol. The first-order valence-corrected chi connectivity index (χ1v) is 7.40. The number of hydrogen-bond donors (Lipinski definition) is 2. The lowest BCUT2D eigenvalue weighted by Gasteiger charge is -2.31. The molecule has 0 saturated heterocycles. The Morgan fingerprint density at radius 3 is 3.10 bits per heavy atom. The number of aromatic nitrogens is 4. The van der Waals surface area contributed by atoms with Crippen molar-refractivity contribution in [1.82, 2.24) is 25.5 Å². The molecule has 1 fully saturated rings. The van der Waals surface area contributed by atoms with Crippen molar-refractivity contribution in [2.24, 2.45) is 5.92 Å². The second kappa shape index (κ2) is 5.68. The van der Waals surface area contributed by atoms with Gasteiger partial charge in [-0.1, -0.05) is 0 Å². The molecule has 1 saturated carbocycles. The molecule has 0 aromatic carbocycles. The Balaban J connectivity index is 1.49. The molecule has 1 aliphatic rings. The molecule has 2 N–H and O–H groups in total.